The van der Waals surface area contributed by atoms with E-state index >= 15 is 0 Å². The molecule has 0 saturated carbocycles. The van der Waals surface area contributed by atoms with Crippen molar-refractivity contribution in [2.24, 2.45) is 0 Å². The topological polar surface area (TPSA) is 51.1 Å². The Balaban J connectivity index is 1.27. The molecule has 0 saturated heterocycles. The van der Waals surface area contributed by atoms with Crippen LogP contribution in [-0.4, -0.2) is 33.5 Å². The molecule has 4 aromatic rings. The summed E-state index contributed by atoms with van der Waals surface area (Å²) in [6.45, 7) is 2.22. The number of ether oxygens (including phenoxy) is 1. The molecule has 36 heavy (non-hydrogen) atoms. The van der Waals surface area contributed by atoms with Gasteiger partial charge in [0.25, 0.3) is 0 Å². The molecule has 2 aromatic carbocycles. The van der Waals surface area contributed by atoms with Gasteiger partial charge >= 0.3 is 6.18 Å². The summed E-state index contributed by atoms with van der Waals surface area (Å²) in [6, 6.07) is 14.4. The highest BCUT2D eigenvalue weighted by atomic mass is 35.5. The highest BCUT2D eigenvalue weighted by Gasteiger charge is 2.30. The van der Waals surface area contributed by atoms with Gasteiger partial charge in [0.1, 0.15) is 5.75 Å². The lowest BCUT2D eigenvalue weighted by atomic mass is 10.1. The van der Waals surface area contributed by atoms with Crippen LogP contribution >= 0.6 is 11.6 Å². The second-order valence-corrected chi connectivity index (χ2v) is 9.03. The van der Waals surface area contributed by atoms with Gasteiger partial charge in [0, 0.05) is 60.2 Å². The van der Waals surface area contributed by atoms with Crippen LogP contribution in [0.3, 0.4) is 0 Å². The smallest absolute Gasteiger partial charge is 0.416 e. The van der Waals surface area contributed by atoms with Gasteiger partial charge in [0.15, 0.2) is 5.82 Å². The van der Waals surface area contributed by atoms with Gasteiger partial charge in [-0.1, -0.05) is 29.8 Å². The third kappa shape index (κ3) is 5.20. The Bertz CT molecular complexity index is 1380. The lowest BCUT2D eigenvalue weighted by Gasteiger charge is -2.28. The van der Waals surface area contributed by atoms with E-state index in [4.69, 9.17) is 16.3 Å². The first-order valence-electron chi connectivity index (χ1n) is 11.3. The van der Waals surface area contributed by atoms with Crippen molar-refractivity contribution < 1.29 is 17.9 Å². The molecular formula is C27H22ClF3N4O. The first-order chi connectivity index (χ1) is 17.3. The van der Waals surface area contributed by atoms with Crippen LogP contribution in [-0.2, 0) is 25.7 Å². The Morgan fingerprint density at radius 3 is 2.50 bits per heavy atom. The van der Waals surface area contributed by atoms with Gasteiger partial charge in [0.05, 0.1) is 24.1 Å². The number of pyridine rings is 1. The normalized spacial score (nSPS) is 13.9. The monoisotopic (exact) mass is 510 g/mol. The summed E-state index contributed by atoms with van der Waals surface area (Å²) in [5, 5.41) is 0.618. The maximum Gasteiger partial charge on any atom is 0.416 e. The Labute approximate surface area is 211 Å². The predicted molar refractivity (Wildman–Crippen MR) is 132 cm³/mol. The maximum atomic E-state index is 12.8. The minimum atomic E-state index is -4.36. The lowest BCUT2D eigenvalue weighted by Crippen LogP contribution is -2.31. The fourth-order valence-corrected chi connectivity index (χ4v) is 4.44. The molecule has 0 aliphatic carbocycles. The maximum absolute atomic E-state index is 12.8. The number of rotatable bonds is 5. The van der Waals surface area contributed by atoms with E-state index in [-0.39, 0.29) is 0 Å². The number of hydrogen-bond donors (Lipinski definition) is 0. The number of alkyl halides is 3. The van der Waals surface area contributed by atoms with E-state index in [1.54, 1.807) is 19.4 Å². The average Bonchev–Trinajstić information content (AvgIpc) is 2.88. The van der Waals surface area contributed by atoms with Crippen LogP contribution in [0.5, 0.6) is 5.75 Å². The number of methoxy groups -OCH3 is 1. The number of fused-ring (bicyclic) bond motifs is 1. The van der Waals surface area contributed by atoms with Crippen LogP contribution in [0.1, 0.15) is 22.4 Å². The standard InChI is InChI=1S/C27H22ClF3N4O/c1-36-25-9-7-21(28)12-22(25)24-8-2-17(13-32-24)15-35-11-10-23-19(16-35)14-33-26(34-23)18-3-5-20(6-4-18)27(29,30)31/h2-9,12-14H,10-11,15-16H2,1H3. The van der Waals surface area contributed by atoms with E-state index in [9.17, 15) is 13.2 Å². The van der Waals surface area contributed by atoms with Crippen molar-refractivity contribution in [1.29, 1.82) is 0 Å². The molecule has 5 rings (SSSR count). The van der Waals surface area contributed by atoms with Crippen molar-refractivity contribution in [3.63, 3.8) is 0 Å². The zero-order valence-electron chi connectivity index (χ0n) is 19.4. The first-order valence-corrected chi connectivity index (χ1v) is 11.7. The van der Waals surface area contributed by atoms with Crippen molar-refractivity contribution in [3.05, 3.63) is 94.4 Å². The van der Waals surface area contributed by atoms with Gasteiger partial charge in [-0.2, -0.15) is 13.2 Å². The summed E-state index contributed by atoms with van der Waals surface area (Å²) in [5.74, 6) is 1.15. The summed E-state index contributed by atoms with van der Waals surface area (Å²) in [6.07, 6.45) is -0.00292. The summed E-state index contributed by atoms with van der Waals surface area (Å²) in [5.41, 5.74) is 4.52. The van der Waals surface area contributed by atoms with Crippen LogP contribution in [0.4, 0.5) is 13.2 Å². The van der Waals surface area contributed by atoms with Crippen LogP contribution in [0, 0.1) is 0 Å². The molecule has 9 heteroatoms. The summed E-state index contributed by atoms with van der Waals surface area (Å²) in [4.78, 5) is 15.9. The van der Waals surface area contributed by atoms with E-state index in [1.165, 1.54) is 12.1 Å². The zero-order valence-corrected chi connectivity index (χ0v) is 20.1. The van der Waals surface area contributed by atoms with Gasteiger partial charge in [-0.25, -0.2) is 9.97 Å². The van der Waals surface area contributed by atoms with Crippen LogP contribution in [0.2, 0.25) is 5.02 Å². The first kappa shape index (κ1) is 24.2. The van der Waals surface area contributed by atoms with Gasteiger partial charge in [-0.3, -0.25) is 9.88 Å². The van der Waals surface area contributed by atoms with Gasteiger partial charge in [-0.15, -0.1) is 0 Å². The summed E-state index contributed by atoms with van der Waals surface area (Å²) < 4.78 is 43.9. The van der Waals surface area contributed by atoms with E-state index in [0.29, 0.717) is 28.7 Å². The van der Waals surface area contributed by atoms with Crippen molar-refractivity contribution in [1.82, 2.24) is 19.9 Å². The van der Waals surface area contributed by atoms with Crippen molar-refractivity contribution >= 4 is 11.6 Å². The molecule has 0 fully saturated rings. The fraction of sp³-hybridized carbons (Fsp3) is 0.222. The minimum absolute atomic E-state index is 0.437. The number of halogens is 4. The van der Waals surface area contributed by atoms with Crippen molar-refractivity contribution in [2.45, 2.75) is 25.7 Å². The van der Waals surface area contributed by atoms with Crippen molar-refractivity contribution in [3.8, 4) is 28.4 Å². The number of hydrogen-bond acceptors (Lipinski definition) is 5. The molecule has 0 radical (unpaired) electrons. The second kappa shape index (κ2) is 9.87. The molecule has 1 aliphatic heterocycles. The molecule has 0 N–H and O–H groups in total. The minimum Gasteiger partial charge on any atom is -0.496 e. The zero-order chi connectivity index (χ0) is 25.3. The fourth-order valence-electron chi connectivity index (χ4n) is 4.27. The molecule has 3 heterocycles. The quantitative estimate of drug-likeness (QED) is 0.309. The van der Waals surface area contributed by atoms with E-state index in [0.717, 1.165) is 59.7 Å². The Morgan fingerprint density at radius 1 is 1.00 bits per heavy atom. The van der Waals surface area contributed by atoms with Crippen molar-refractivity contribution in [2.75, 3.05) is 13.7 Å². The highest BCUT2D eigenvalue weighted by Crippen LogP contribution is 2.32. The van der Waals surface area contributed by atoms with Gasteiger partial charge in [0.2, 0.25) is 0 Å². The van der Waals surface area contributed by atoms with E-state index in [1.807, 2.05) is 30.5 Å². The number of aromatic nitrogens is 3. The molecule has 0 bridgehead atoms. The summed E-state index contributed by atoms with van der Waals surface area (Å²) >= 11 is 6.15. The van der Waals surface area contributed by atoms with Gasteiger partial charge < -0.3 is 4.74 Å². The largest absolute Gasteiger partial charge is 0.496 e. The molecule has 184 valence electrons. The average molecular weight is 511 g/mol. The molecule has 1 aliphatic rings. The molecule has 0 amide bonds. The highest BCUT2D eigenvalue weighted by molar-refractivity contribution is 6.30. The van der Waals surface area contributed by atoms with Crippen LogP contribution < -0.4 is 4.74 Å². The molecule has 0 atom stereocenters. The molecular weight excluding hydrogens is 489 g/mol. The predicted octanol–water partition coefficient (Wildman–Crippen LogP) is 6.44. The molecule has 5 nitrogen and oxygen atoms in total. The van der Waals surface area contributed by atoms with E-state index in [2.05, 4.69) is 19.9 Å². The SMILES string of the molecule is COc1ccc(Cl)cc1-c1ccc(CN2CCc3nc(-c4ccc(C(F)(F)F)cc4)ncc3C2)cn1. The Hall–Kier alpha value is -3.49. The summed E-state index contributed by atoms with van der Waals surface area (Å²) in [7, 11) is 1.62. The van der Waals surface area contributed by atoms with Crippen LogP contribution in [0.15, 0.2) is 67.0 Å². The van der Waals surface area contributed by atoms with Gasteiger partial charge in [-0.05, 0) is 42.0 Å². The second-order valence-electron chi connectivity index (χ2n) is 8.60. The molecule has 0 spiro atoms. The number of nitrogens with zero attached hydrogens (tertiary/aromatic N) is 4. The lowest BCUT2D eigenvalue weighted by molar-refractivity contribution is -0.137. The Kier molecular flexibility index (Phi) is 6.64. The van der Waals surface area contributed by atoms with Crippen LogP contribution in [0.25, 0.3) is 22.6 Å². The Morgan fingerprint density at radius 2 is 1.81 bits per heavy atom. The molecule has 2 aromatic heterocycles. The number of benzene rings is 2. The molecule has 0 unspecified atom stereocenters. The third-order valence-electron chi connectivity index (χ3n) is 6.15. The van der Waals surface area contributed by atoms with E-state index < -0.39 is 11.7 Å². The third-order valence-corrected chi connectivity index (χ3v) is 6.39.